The molecule has 0 aliphatic heterocycles. The normalized spacial score (nSPS) is 9.69. The minimum Gasteiger partial charge on any atom is -0.476 e. The molecule has 0 spiro atoms. The van der Waals surface area contributed by atoms with E-state index in [4.69, 9.17) is 4.74 Å². The van der Waals surface area contributed by atoms with Gasteiger partial charge in [0, 0.05) is 6.42 Å². The van der Waals surface area contributed by atoms with Crippen molar-refractivity contribution in [3.63, 3.8) is 0 Å². The number of hydrogen-bond donors (Lipinski definition) is 0. The van der Waals surface area contributed by atoms with Crippen LogP contribution >= 0.6 is 0 Å². The van der Waals surface area contributed by atoms with Crippen molar-refractivity contribution in [3.05, 3.63) is 22.1 Å². The van der Waals surface area contributed by atoms with E-state index in [0.29, 0.717) is 12.2 Å². The molecule has 0 saturated heterocycles. The Morgan fingerprint density at radius 3 is 2.85 bits per heavy atom. The van der Waals surface area contributed by atoms with E-state index < -0.39 is 4.92 Å². The molecule has 0 atom stereocenters. The quantitative estimate of drug-likeness (QED) is 0.515. The molecule has 0 unspecified atom stereocenters. The smallest absolute Gasteiger partial charge is 0.349 e. The Morgan fingerprint density at radius 2 is 2.38 bits per heavy atom. The summed E-state index contributed by atoms with van der Waals surface area (Å²) in [4.78, 5) is 17.5. The van der Waals surface area contributed by atoms with E-state index in [0.717, 1.165) is 6.20 Å². The number of hydrogen-bond acceptors (Lipinski definition) is 5. The molecule has 1 aromatic rings. The van der Waals surface area contributed by atoms with Crippen LogP contribution in [0.4, 0.5) is 5.69 Å². The van der Waals surface area contributed by atoms with E-state index in [2.05, 4.69) is 9.97 Å². The van der Waals surface area contributed by atoms with Gasteiger partial charge in [0.1, 0.15) is 12.0 Å². The molecular formula is C7H9N3O3. The van der Waals surface area contributed by atoms with Gasteiger partial charge in [-0.1, -0.05) is 6.92 Å². The zero-order chi connectivity index (χ0) is 9.84. The summed E-state index contributed by atoms with van der Waals surface area (Å²) in [5.74, 6) is 0.541. The molecule has 70 valence electrons. The van der Waals surface area contributed by atoms with E-state index >= 15 is 0 Å². The van der Waals surface area contributed by atoms with Crippen LogP contribution in [0.5, 0.6) is 5.88 Å². The van der Waals surface area contributed by atoms with Gasteiger partial charge in [-0.15, -0.1) is 0 Å². The lowest BCUT2D eigenvalue weighted by Gasteiger charge is -2.00. The van der Waals surface area contributed by atoms with Crippen molar-refractivity contribution in [2.75, 3.05) is 7.11 Å². The molecule has 0 aliphatic rings. The third-order valence-corrected chi connectivity index (χ3v) is 1.49. The third-order valence-electron chi connectivity index (χ3n) is 1.49. The van der Waals surface area contributed by atoms with Gasteiger partial charge in [-0.3, -0.25) is 10.1 Å². The number of methoxy groups -OCH3 is 1. The molecule has 6 nitrogen and oxygen atoms in total. The summed E-state index contributed by atoms with van der Waals surface area (Å²) >= 11 is 0. The van der Waals surface area contributed by atoms with Gasteiger partial charge in [-0.2, -0.15) is 4.98 Å². The molecule has 6 heteroatoms. The molecular weight excluding hydrogens is 174 g/mol. The Kier molecular flexibility index (Phi) is 2.73. The minimum absolute atomic E-state index is 0.0110. The van der Waals surface area contributed by atoms with Crippen molar-refractivity contribution in [3.8, 4) is 5.88 Å². The second-order valence-electron chi connectivity index (χ2n) is 2.29. The highest BCUT2D eigenvalue weighted by Gasteiger charge is 2.16. The fourth-order valence-electron chi connectivity index (χ4n) is 0.840. The summed E-state index contributed by atoms with van der Waals surface area (Å²) in [7, 11) is 1.34. The topological polar surface area (TPSA) is 78.2 Å². The molecule has 1 aromatic heterocycles. The highest BCUT2D eigenvalue weighted by Crippen LogP contribution is 2.22. The van der Waals surface area contributed by atoms with Gasteiger partial charge in [-0.05, 0) is 0 Å². The van der Waals surface area contributed by atoms with Gasteiger partial charge >= 0.3 is 5.69 Å². The van der Waals surface area contributed by atoms with E-state index in [-0.39, 0.29) is 11.6 Å². The average molecular weight is 183 g/mol. The molecule has 1 heterocycles. The van der Waals surface area contributed by atoms with Gasteiger partial charge in [0.25, 0.3) is 5.88 Å². The largest absolute Gasteiger partial charge is 0.476 e. The fourth-order valence-corrected chi connectivity index (χ4v) is 0.840. The summed E-state index contributed by atoms with van der Waals surface area (Å²) in [6.07, 6.45) is 1.78. The Morgan fingerprint density at radius 1 is 1.69 bits per heavy atom. The van der Waals surface area contributed by atoms with E-state index in [1.54, 1.807) is 0 Å². The van der Waals surface area contributed by atoms with Crippen LogP contribution in [0.15, 0.2) is 6.20 Å². The Bertz CT molecular complexity index is 327. The summed E-state index contributed by atoms with van der Waals surface area (Å²) in [6, 6.07) is 0. The van der Waals surface area contributed by atoms with Crippen LogP contribution in [0.25, 0.3) is 0 Å². The van der Waals surface area contributed by atoms with Crippen molar-refractivity contribution in [1.29, 1.82) is 0 Å². The highest BCUT2D eigenvalue weighted by atomic mass is 16.6. The number of nitro groups is 1. The van der Waals surface area contributed by atoms with Crippen molar-refractivity contribution in [2.45, 2.75) is 13.3 Å². The maximum atomic E-state index is 10.4. The van der Waals surface area contributed by atoms with Gasteiger partial charge in [0.2, 0.25) is 0 Å². The lowest BCUT2D eigenvalue weighted by molar-refractivity contribution is -0.386. The second-order valence-corrected chi connectivity index (χ2v) is 2.29. The van der Waals surface area contributed by atoms with Crippen molar-refractivity contribution < 1.29 is 9.66 Å². The van der Waals surface area contributed by atoms with Crippen LogP contribution in [-0.2, 0) is 6.42 Å². The van der Waals surface area contributed by atoms with Crippen LogP contribution in [-0.4, -0.2) is 22.0 Å². The molecule has 13 heavy (non-hydrogen) atoms. The molecule has 0 bridgehead atoms. The van der Waals surface area contributed by atoms with Gasteiger partial charge in [0.15, 0.2) is 0 Å². The molecule has 0 N–H and O–H groups in total. The standard InChI is InChI=1S/C7H9N3O3/c1-3-6-8-4-5(10(11)12)7(9-6)13-2/h4H,3H2,1-2H3. The number of ether oxygens (including phenoxy) is 1. The predicted octanol–water partition coefficient (Wildman–Crippen LogP) is 0.956. The summed E-state index contributed by atoms with van der Waals surface area (Å²) in [5, 5.41) is 10.4. The number of aryl methyl sites for hydroxylation is 1. The molecule has 0 fully saturated rings. The maximum absolute atomic E-state index is 10.4. The van der Waals surface area contributed by atoms with Crippen molar-refractivity contribution in [1.82, 2.24) is 9.97 Å². The van der Waals surface area contributed by atoms with Crippen LogP contribution in [0.1, 0.15) is 12.7 Å². The fraction of sp³-hybridized carbons (Fsp3) is 0.429. The predicted molar refractivity (Wildman–Crippen MR) is 44.6 cm³/mol. The third kappa shape index (κ3) is 1.90. The SMILES string of the molecule is CCc1ncc([N+](=O)[O-])c(OC)n1. The first-order valence-corrected chi connectivity index (χ1v) is 3.73. The zero-order valence-electron chi connectivity index (χ0n) is 7.35. The molecule has 1 rings (SSSR count). The highest BCUT2D eigenvalue weighted by molar-refractivity contribution is 5.37. The Balaban J connectivity index is 3.15. The van der Waals surface area contributed by atoms with Crippen molar-refractivity contribution in [2.24, 2.45) is 0 Å². The zero-order valence-corrected chi connectivity index (χ0v) is 7.35. The molecule has 0 saturated carbocycles. The summed E-state index contributed by atoms with van der Waals surface area (Å²) in [5.41, 5.74) is -0.209. The number of nitrogens with zero attached hydrogens (tertiary/aromatic N) is 3. The maximum Gasteiger partial charge on any atom is 0.349 e. The first-order chi connectivity index (χ1) is 6.19. The Labute approximate surface area is 74.7 Å². The average Bonchev–Trinajstić information content (AvgIpc) is 2.16. The number of rotatable bonds is 3. The van der Waals surface area contributed by atoms with E-state index in [9.17, 15) is 10.1 Å². The van der Waals surface area contributed by atoms with E-state index in [1.165, 1.54) is 7.11 Å². The molecule has 0 aliphatic carbocycles. The van der Waals surface area contributed by atoms with Crippen LogP contribution in [0, 0.1) is 10.1 Å². The summed E-state index contributed by atoms with van der Waals surface area (Å²) < 4.78 is 4.76. The minimum atomic E-state index is -0.571. The first kappa shape index (κ1) is 9.37. The summed E-state index contributed by atoms with van der Waals surface area (Å²) in [6.45, 7) is 1.86. The van der Waals surface area contributed by atoms with Gasteiger partial charge in [0.05, 0.1) is 12.0 Å². The first-order valence-electron chi connectivity index (χ1n) is 3.73. The lowest BCUT2D eigenvalue weighted by atomic mass is 10.4. The van der Waals surface area contributed by atoms with Crippen molar-refractivity contribution >= 4 is 5.69 Å². The molecule has 0 aromatic carbocycles. The molecule has 0 radical (unpaired) electrons. The lowest BCUT2D eigenvalue weighted by Crippen LogP contribution is -2.01. The number of aromatic nitrogens is 2. The van der Waals surface area contributed by atoms with Crippen LogP contribution in [0.2, 0.25) is 0 Å². The van der Waals surface area contributed by atoms with Crippen LogP contribution in [0.3, 0.4) is 0 Å². The molecule has 0 amide bonds. The van der Waals surface area contributed by atoms with E-state index in [1.807, 2.05) is 6.92 Å². The van der Waals surface area contributed by atoms with Crippen LogP contribution < -0.4 is 4.74 Å². The van der Waals surface area contributed by atoms with Gasteiger partial charge < -0.3 is 4.74 Å². The Hall–Kier alpha value is -1.72. The second kappa shape index (κ2) is 3.79. The monoisotopic (exact) mass is 183 g/mol. The van der Waals surface area contributed by atoms with Gasteiger partial charge in [-0.25, -0.2) is 4.98 Å².